The predicted octanol–water partition coefficient (Wildman–Crippen LogP) is 2.67. The zero-order valence-electron chi connectivity index (χ0n) is 11.6. The molecule has 104 valence electrons. The summed E-state index contributed by atoms with van der Waals surface area (Å²) in [5, 5.41) is 3.70. The average molecular weight is 269 g/mol. The summed E-state index contributed by atoms with van der Waals surface area (Å²) in [6, 6.07) is 10.6. The summed E-state index contributed by atoms with van der Waals surface area (Å²) < 4.78 is 5.33. The zero-order valence-corrected chi connectivity index (χ0v) is 11.6. The van der Waals surface area contributed by atoms with E-state index in [1.54, 1.807) is 6.20 Å². The molecule has 0 unspecified atom stereocenters. The van der Waals surface area contributed by atoms with Crippen molar-refractivity contribution in [3.63, 3.8) is 0 Å². The van der Waals surface area contributed by atoms with Gasteiger partial charge >= 0.3 is 0 Å². The lowest BCUT2D eigenvalue weighted by atomic mass is 9.94. The highest BCUT2D eigenvalue weighted by atomic mass is 16.3. The van der Waals surface area contributed by atoms with Crippen molar-refractivity contribution < 1.29 is 4.42 Å². The fourth-order valence-corrected chi connectivity index (χ4v) is 3.63. The second-order valence-corrected chi connectivity index (χ2v) is 5.87. The number of fused-ring (bicyclic) bond motifs is 2. The maximum Gasteiger partial charge on any atom is 0.181 e. The van der Waals surface area contributed by atoms with Crippen LogP contribution in [0.5, 0.6) is 0 Å². The molecule has 2 saturated heterocycles. The summed E-state index contributed by atoms with van der Waals surface area (Å²) in [4.78, 5) is 6.38. The summed E-state index contributed by atoms with van der Waals surface area (Å²) in [7, 11) is 2.20. The average Bonchev–Trinajstić information content (AvgIpc) is 3.23. The smallest absolute Gasteiger partial charge is 0.181 e. The largest absolute Gasteiger partial charge is 0.444 e. The van der Waals surface area contributed by atoms with Gasteiger partial charge in [-0.15, -0.1) is 0 Å². The van der Waals surface area contributed by atoms with Gasteiger partial charge in [0.1, 0.15) is 0 Å². The van der Waals surface area contributed by atoms with Crippen LogP contribution in [0.3, 0.4) is 0 Å². The van der Waals surface area contributed by atoms with Crippen molar-refractivity contribution in [2.24, 2.45) is 0 Å². The number of likely N-dealkylation sites (N-methyl/N-ethyl adjacent to an activating group) is 1. The van der Waals surface area contributed by atoms with Crippen molar-refractivity contribution in [1.82, 2.24) is 10.3 Å². The SMILES string of the molecule is CN(c1ccc(-c2cnco2)cc1)[C@@H]1C[C@H]2CC[C@@H]1N2. The Morgan fingerprint density at radius 2 is 2.10 bits per heavy atom. The monoisotopic (exact) mass is 269 g/mol. The molecular formula is C16H19N3O. The molecule has 2 aliphatic rings. The zero-order chi connectivity index (χ0) is 13.5. The van der Waals surface area contributed by atoms with Crippen LogP contribution in [0.4, 0.5) is 5.69 Å². The highest BCUT2D eigenvalue weighted by molar-refractivity contribution is 5.61. The Kier molecular flexibility index (Phi) is 2.77. The number of rotatable bonds is 3. The number of aromatic nitrogens is 1. The first-order valence-corrected chi connectivity index (χ1v) is 7.29. The van der Waals surface area contributed by atoms with Gasteiger partial charge in [0.05, 0.1) is 6.20 Å². The molecule has 1 aromatic heterocycles. The Bertz CT molecular complexity index is 578. The molecule has 0 radical (unpaired) electrons. The molecule has 4 nitrogen and oxygen atoms in total. The van der Waals surface area contributed by atoms with Crippen LogP contribution in [0.25, 0.3) is 11.3 Å². The van der Waals surface area contributed by atoms with Crippen molar-refractivity contribution in [3.05, 3.63) is 36.9 Å². The van der Waals surface area contributed by atoms with Gasteiger partial charge in [-0.2, -0.15) is 0 Å². The van der Waals surface area contributed by atoms with Crippen LogP contribution in [0, 0.1) is 0 Å². The molecule has 0 spiro atoms. The minimum Gasteiger partial charge on any atom is -0.444 e. The summed E-state index contributed by atoms with van der Waals surface area (Å²) in [5.74, 6) is 0.820. The molecule has 3 heterocycles. The van der Waals surface area contributed by atoms with Gasteiger partial charge in [0.25, 0.3) is 0 Å². The van der Waals surface area contributed by atoms with Crippen molar-refractivity contribution in [2.75, 3.05) is 11.9 Å². The van der Waals surface area contributed by atoms with Crippen LogP contribution >= 0.6 is 0 Å². The molecule has 1 N–H and O–H groups in total. The van der Waals surface area contributed by atoms with Gasteiger partial charge in [-0.1, -0.05) is 0 Å². The molecule has 1 aromatic carbocycles. The first-order chi connectivity index (χ1) is 9.81. The maximum atomic E-state index is 5.33. The Balaban J connectivity index is 1.54. The third-order valence-electron chi connectivity index (χ3n) is 4.76. The van der Waals surface area contributed by atoms with Gasteiger partial charge in [-0.3, -0.25) is 0 Å². The summed E-state index contributed by atoms with van der Waals surface area (Å²) in [6.07, 6.45) is 7.15. The number of hydrogen-bond acceptors (Lipinski definition) is 4. The number of hydrogen-bond donors (Lipinski definition) is 1. The van der Waals surface area contributed by atoms with E-state index in [1.165, 1.54) is 31.3 Å². The van der Waals surface area contributed by atoms with Crippen molar-refractivity contribution in [2.45, 2.75) is 37.4 Å². The molecule has 2 aliphatic heterocycles. The Morgan fingerprint density at radius 1 is 1.25 bits per heavy atom. The fourth-order valence-electron chi connectivity index (χ4n) is 3.63. The lowest BCUT2D eigenvalue weighted by Crippen LogP contribution is -2.41. The van der Waals surface area contributed by atoms with Crippen LogP contribution in [-0.4, -0.2) is 30.2 Å². The normalized spacial score (nSPS) is 27.9. The van der Waals surface area contributed by atoms with Gasteiger partial charge < -0.3 is 14.6 Å². The molecule has 2 bridgehead atoms. The number of nitrogens with zero attached hydrogens (tertiary/aromatic N) is 2. The van der Waals surface area contributed by atoms with Gasteiger partial charge in [-0.25, -0.2) is 4.98 Å². The second kappa shape index (κ2) is 4.63. The van der Waals surface area contributed by atoms with E-state index in [0.29, 0.717) is 12.1 Å². The van der Waals surface area contributed by atoms with Gasteiger partial charge in [0.2, 0.25) is 0 Å². The molecule has 4 heteroatoms. The molecular weight excluding hydrogens is 250 g/mol. The van der Waals surface area contributed by atoms with E-state index < -0.39 is 0 Å². The summed E-state index contributed by atoms with van der Waals surface area (Å²) >= 11 is 0. The molecule has 2 fully saturated rings. The minimum absolute atomic E-state index is 0.630. The fraction of sp³-hybridized carbons (Fsp3) is 0.438. The van der Waals surface area contributed by atoms with Gasteiger partial charge in [-0.05, 0) is 43.5 Å². The highest BCUT2D eigenvalue weighted by Crippen LogP contribution is 2.33. The second-order valence-electron chi connectivity index (χ2n) is 5.87. The topological polar surface area (TPSA) is 41.3 Å². The lowest BCUT2D eigenvalue weighted by molar-refractivity contribution is 0.483. The molecule has 2 aromatic rings. The molecule has 20 heavy (non-hydrogen) atoms. The summed E-state index contributed by atoms with van der Waals surface area (Å²) in [5.41, 5.74) is 2.35. The third kappa shape index (κ3) is 1.91. The Morgan fingerprint density at radius 3 is 2.70 bits per heavy atom. The van der Waals surface area contributed by atoms with Crippen LogP contribution < -0.4 is 10.2 Å². The predicted molar refractivity (Wildman–Crippen MR) is 78.7 cm³/mol. The molecule has 0 saturated carbocycles. The summed E-state index contributed by atoms with van der Waals surface area (Å²) in [6.45, 7) is 0. The highest BCUT2D eigenvalue weighted by Gasteiger charge is 2.40. The number of benzene rings is 1. The van der Waals surface area contributed by atoms with Crippen LogP contribution in [0.2, 0.25) is 0 Å². The first-order valence-electron chi connectivity index (χ1n) is 7.29. The van der Waals surface area contributed by atoms with Crippen LogP contribution in [-0.2, 0) is 0 Å². The van der Waals surface area contributed by atoms with Gasteiger partial charge in [0.15, 0.2) is 12.2 Å². The van der Waals surface area contributed by atoms with E-state index >= 15 is 0 Å². The molecule has 3 atom stereocenters. The standard InChI is InChI=1S/C16H19N3O/c1-19(15-8-12-4-7-14(15)18-12)13-5-2-11(3-6-13)16-9-17-10-20-16/h2-3,5-6,9-10,12,14-15,18H,4,7-8H2,1H3/t12-,14+,15-/m1/s1. The molecule has 4 rings (SSSR count). The quantitative estimate of drug-likeness (QED) is 0.930. The maximum absolute atomic E-state index is 5.33. The van der Waals surface area contributed by atoms with Crippen molar-refractivity contribution in [3.8, 4) is 11.3 Å². The van der Waals surface area contributed by atoms with Crippen molar-refractivity contribution >= 4 is 5.69 Å². The van der Waals surface area contributed by atoms with E-state index in [9.17, 15) is 0 Å². The van der Waals surface area contributed by atoms with E-state index in [1.807, 2.05) is 0 Å². The number of nitrogens with one attached hydrogen (secondary N) is 1. The van der Waals surface area contributed by atoms with E-state index in [-0.39, 0.29) is 0 Å². The number of oxazole rings is 1. The van der Waals surface area contributed by atoms with Crippen LogP contribution in [0.1, 0.15) is 19.3 Å². The van der Waals surface area contributed by atoms with Crippen LogP contribution in [0.15, 0.2) is 41.3 Å². The van der Waals surface area contributed by atoms with Gasteiger partial charge in [0, 0.05) is 36.4 Å². The minimum atomic E-state index is 0.630. The Labute approximate surface area is 118 Å². The third-order valence-corrected chi connectivity index (χ3v) is 4.76. The van der Waals surface area contributed by atoms with E-state index in [4.69, 9.17) is 4.42 Å². The van der Waals surface area contributed by atoms with E-state index in [0.717, 1.165) is 17.4 Å². The molecule has 0 aliphatic carbocycles. The van der Waals surface area contributed by atoms with Crippen molar-refractivity contribution in [1.29, 1.82) is 0 Å². The Hall–Kier alpha value is -1.81. The van der Waals surface area contributed by atoms with E-state index in [2.05, 4.69) is 46.5 Å². The lowest BCUT2D eigenvalue weighted by Gasteiger charge is -2.32. The number of anilines is 1. The molecule has 0 amide bonds. The first kappa shape index (κ1) is 12.0.